The molecular weight excluding hydrogens is 280 g/mol. The lowest BCUT2D eigenvalue weighted by molar-refractivity contribution is -0.137. The highest BCUT2D eigenvalue weighted by Gasteiger charge is 1.98. The number of hydrogen-bond acceptors (Lipinski definition) is 3. The highest BCUT2D eigenvalue weighted by molar-refractivity contribution is 5.89. The van der Waals surface area contributed by atoms with Crippen molar-refractivity contribution in [1.82, 2.24) is 0 Å². The lowest BCUT2D eigenvalue weighted by Crippen LogP contribution is -1.97. The summed E-state index contributed by atoms with van der Waals surface area (Å²) in [6, 6.07) is 0. The molecule has 4 nitrogen and oxygen atoms in total. The Hall–Kier alpha value is -1.68. The van der Waals surface area contributed by atoms with Crippen LogP contribution in [0.25, 0.3) is 0 Å². The van der Waals surface area contributed by atoms with Crippen molar-refractivity contribution in [2.24, 2.45) is 0 Å². The molecule has 0 aromatic rings. The molecule has 0 aliphatic rings. The molecule has 0 saturated heterocycles. The summed E-state index contributed by atoms with van der Waals surface area (Å²) in [5.74, 6) is -0.639. The maximum absolute atomic E-state index is 11.6. The Labute approximate surface area is 133 Å². The van der Waals surface area contributed by atoms with Crippen LogP contribution < -0.4 is 0 Å². The van der Waals surface area contributed by atoms with E-state index >= 15 is 0 Å². The normalized spacial score (nSPS) is 13.4. The van der Waals surface area contributed by atoms with E-state index in [1.165, 1.54) is 0 Å². The van der Waals surface area contributed by atoms with Crippen molar-refractivity contribution in [3.63, 3.8) is 0 Å². The number of ketones is 1. The van der Waals surface area contributed by atoms with Crippen LogP contribution in [0.2, 0.25) is 0 Å². The van der Waals surface area contributed by atoms with Crippen LogP contribution in [0.4, 0.5) is 0 Å². The highest BCUT2D eigenvalue weighted by Crippen LogP contribution is 2.07. The van der Waals surface area contributed by atoms with Gasteiger partial charge >= 0.3 is 5.97 Å². The van der Waals surface area contributed by atoms with Gasteiger partial charge in [0.2, 0.25) is 0 Å². The standard InChI is InChI=1S/C18H28O4/c1-2-16(19)12-8-6-7-10-14-17(20)13-9-4-3-5-11-15-18(21)22/h6-8,10,12,14,16,19H,2-5,9,11,13,15H2,1H3,(H,21,22)/t16-/m0/s1. The highest BCUT2D eigenvalue weighted by atomic mass is 16.4. The Morgan fingerprint density at radius 2 is 1.50 bits per heavy atom. The monoisotopic (exact) mass is 308 g/mol. The average Bonchev–Trinajstić information content (AvgIpc) is 2.49. The molecule has 0 fully saturated rings. The van der Waals surface area contributed by atoms with Crippen molar-refractivity contribution in [3.8, 4) is 0 Å². The largest absolute Gasteiger partial charge is 0.481 e. The smallest absolute Gasteiger partial charge is 0.303 e. The molecule has 0 amide bonds. The molecule has 0 bridgehead atoms. The van der Waals surface area contributed by atoms with Gasteiger partial charge in [-0.2, -0.15) is 0 Å². The fourth-order valence-electron chi connectivity index (χ4n) is 1.81. The molecule has 0 aromatic carbocycles. The van der Waals surface area contributed by atoms with Crippen LogP contribution >= 0.6 is 0 Å². The minimum absolute atomic E-state index is 0.104. The van der Waals surface area contributed by atoms with Crippen LogP contribution in [0.3, 0.4) is 0 Å². The maximum atomic E-state index is 11.6. The van der Waals surface area contributed by atoms with E-state index in [1.807, 2.05) is 6.92 Å². The quantitative estimate of drug-likeness (QED) is 0.308. The van der Waals surface area contributed by atoms with Gasteiger partial charge in [-0.25, -0.2) is 0 Å². The van der Waals surface area contributed by atoms with E-state index in [4.69, 9.17) is 5.11 Å². The molecule has 0 spiro atoms. The van der Waals surface area contributed by atoms with Crippen molar-refractivity contribution in [2.45, 2.75) is 64.4 Å². The van der Waals surface area contributed by atoms with E-state index < -0.39 is 12.1 Å². The topological polar surface area (TPSA) is 74.6 Å². The second-order valence-corrected chi connectivity index (χ2v) is 5.23. The molecule has 124 valence electrons. The number of unbranched alkanes of at least 4 members (excludes halogenated alkanes) is 4. The molecule has 0 aliphatic carbocycles. The van der Waals surface area contributed by atoms with E-state index in [9.17, 15) is 14.7 Å². The first-order valence-corrected chi connectivity index (χ1v) is 8.00. The third-order valence-corrected chi connectivity index (χ3v) is 3.18. The zero-order valence-corrected chi connectivity index (χ0v) is 13.4. The second-order valence-electron chi connectivity index (χ2n) is 5.23. The Morgan fingerprint density at radius 3 is 2.14 bits per heavy atom. The molecule has 0 saturated carbocycles. The van der Waals surface area contributed by atoms with Crippen molar-refractivity contribution in [2.75, 3.05) is 0 Å². The van der Waals surface area contributed by atoms with E-state index in [0.29, 0.717) is 19.3 Å². The van der Waals surface area contributed by atoms with Gasteiger partial charge in [-0.3, -0.25) is 9.59 Å². The summed E-state index contributed by atoms with van der Waals surface area (Å²) in [5.41, 5.74) is 0. The molecular formula is C18H28O4. The fraction of sp³-hybridized carbons (Fsp3) is 0.556. The predicted octanol–water partition coefficient (Wildman–Crippen LogP) is 3.81. The van der Waals surface area contributed by atoms with Crippen molar-refractivity contribution >= 4 is 11.8 Å². The van der Waals surface area contributed by atoms with Crippen LogP contribution in [0.1, 0.15) is 58.3 Å². The molecule has 0 heterocycles. The van der Waals surface area contributed by atoms with Crippen molar-refractivity contribution < 1.29 is 19.8 Å². The first-order valence-electron chi connectivity index (χ1n) is 8.00. The molecule has 0 rings (SSSR count). The van der Waals surface area contributed by atoms with E-state index in [2.05, 4.69) is 0 Å². The third-order valence-electron chi connectivity index (χ3n) is 3.18. The maximum Gasteiger partial charge on any atom is 0.303 e. The molecule has 22 heavy (non-hydrogen) atoms. The van der Waals surface area contributed by atoms with Crippen molar-refractivity contribution in [3.05, 3.63) is 36.5 Å². The van der Waals surface area contributed by atoms with Gasteiger partial charge in [0.15, 0.2) is 5.78 Å². The predicted molar refractivity (Wildman–Crippen MR) is 88.7 cm³/mol. The Balaban J connectivity index is 3.60. The van der Waals surface area contributed by atoms with Crippen molar-refractivity contribution in [1.29, 1.82) is 0 Å². The number of carbonyl (C=O) groups is 2. The number of carbonyl (C=O) groups excluding carboxylic acids is 1. The second kappa shape index (κ2) is 14.3. The fourth-order valence-corrected chi connectivity index (χ4v) is 1.81. The average molecular weight is 308 g/mol. The summed E-state index contributed by atoms with van der Waals surface area (Å²) in [6.07, 6.45) is 15.8. The summed E-state index contributed by atoms with van der Waals surface area (Å²) in [5, 5.41) is 17.8. The van der Waals surface area contributed by atoms with Crippen LogP contribution in [0.5, 0.6) is 0 Å². The van der Waals surface area contributed by atoms with Gasteiger partial charge in [0.1, 0.15) is 0 Å². The first kappa shape index (κ1) is 20.3. The van der Waals surface area contributed by atoms with Gasteiger partial charge in [-0.15, -0.1) is 0 Å². The third kappa shape index (κ3) is 14.7. The number of carboxylic acids is 1. The van der Waals surface area contributed by atoms with E-state index in [1.54, 1.807) is 36.5 Å². The number of aliphatic carboxylic acids is 1. The molecule has 0 radical (unpaired) electrons. The summed E-state index contributed by atoms with van der Waals surface area (Å²) in [7, 11) is 0. The molecule has 0 aromatic heterocycles. The minimum Gasteiger partial charge on any atom is -0.481 e. The minimum atomic E-state index is -0.743. The van der Waals surface area contributed by atoms with Gasteiger partial charge in [-0.05, 0) is 25.3 Å². The van der Waals surface area contributed by atoms with Gasteiger partial charge in [0, 0.05) is 12.8 Å². The number of hydrogen-bond donors (Lipinski definition) is 2. The number of aliphatic hydroxyl groups excluding tert-OH is 1. The summed E-state index contributed by atoms with van der Waals surface area (Å²) < 4.78 is 0. The van der Waals surface area contributed by atoms with Gasteiger partial charge in [0.05, 0.1) is 6.10 Å². The molecule has 0 unspecified atom stereocenters. The Kier molecular flexibility index (Phi) is 13.2. The van der Waals surface area contributed by atoms with Gasteiger partial charge in [0.25, 0.3) is 0 Å². The summed E-state index contributed by atoms with van der Waals surface area (Å²) in [6.45, 7) is 1.91. The lowest BCUT2D eigenvalue weighted by Gasteiger charge is -1.98. The van der Waals surface area contributed by atoms with Crippen LogP contribution in [0.15, 0.2) is 36.5 Å². The zero-order valence-electron chi connectivity index (χ0n) is 13.4. The van der Waals surface area contributed by atoms with Crippen LogP contribution in [0, 0.1) is 0 Å². The van der Waals surface area contributed by atoms with E-state index in [0.717, 1.165) is 25.7 Å². The van der Waals surface area contributed by atoms with Crippen LogP contribution in [-0.4, -0.2) is 28.1 Å². The van der Waals surface area contributed by atoms with Gasteiger partial charge in [-0.1, -0.05) is 56.6 Å². The first-order chi connectivity index (χ1) is 10.6. The number of rotatable bonds is 13. The number of allylic oxidation sites excluding steroid dienone is 5. The molecule has 2 N–H and O–H groups in total. The zero-order chi connectivity index (χ0) is 16.6. The summed E-state index contributed by atoms with van der Waals surface area (Å²) in [4.78, 5) is 21.9. The van der Waals surface area contributed by atoms with Gasteiger partial charge < -0.3 is 10.2 Å². The number of carboxylic acid groups (broad SMARTS) is 1. The summed E-state index contributed by atoms with van der Waals surface area (Å²) >= 11 is 0. The molecule has 4 heteroatoms. The Morgan fingerprint density at radius 1 is 0.909 bits per heavy atom. The Bertz CT molecular complexity index is 394. The van der Waals surface area contributed by atoms with E-state index in [-0.39, 0.29) is 12.2 Å². The number of aliphatic hydroxyl groups is 1. The SMILES string of the molecule is CC[C@H](O)C=CC=CC=CC(=O)CCCCCCCC(=O)O. The molecule has 0 aliphatic heterocycles. The van der Waals surface area contributed by atoms with Crippen LogP contribution in [-0.2, 0) is 9.59 Å². The lowest BCUT2D eigenvalue weighted by atomic mass is 10.1. The molecule has 1 atom stereocenters.